The fraction of sp³-hybridized carbons (Fsp3) is 0.154. The van der Waals surface area contributed by atoms with Crippen LogP contribution in [0.5, 0.6) is 0 Å². The fourth-order valence-corrected chi connectivity index (χ4v) is 3.01. The summed E-state index contributed by atoms with van der Waals surface area (Å²) in [5, 5.41) is 14.5. The maximum Gasteiger partial charge on any atom is 0.324 e. The molecule has 0 atom stereocenters. The minimum absolute atomic E-state index is 0.0948. The van der Waals surface area contributed by atoms with Crippen molar-refractivity contribution in [3.63, 3.8) is 0 Å². The van der Waals surface area contributed by atoms with Crippen LogP contribution in [-0.4, -0.2) is 25.5 Å². The van der Waals surface area contributed by atoms with Crippen LogP contribution in [0.3, 0.4) is 0 Å². The summed E-state index contributed by atoms with van der Waals surface area (Å²) in [6.07, 6.45) is 1.12. The third-order valence-electron chi connectivity index (χ3n) is 2.83. The first-order valence-electron chi connectivity index (χ1n) is 6.07. The van der Waals surface area contributed by atoms with Crippen molar-refractivity contribution < 1.29 is 18.1 Å². The fourth-order valence-electron chi connectivity index (χ4n) is 1.68. The number of hydrogen-bond donors (Lipinski definition) is 1. The smallest absolute Gasteiger partial charge is 0.324 e. The van der Waals surface area contributed by atoms with Crippen LogP contribution < -0.4 is 5.32 Å². The summed E-state index contributed by atoms with van der Waals surface area (Å²) in [4.78, 5) is 22.1. The number of thiophene rings is 1. The van der Waals surface area contributed by atoms with Gasteiger partial charge in [0.15, 0.2) is 9.84 Å². The molecule has 2 aromatic rings. The minimum atomic E-state index is -3.25. The van der Waals surface area contributed by atoms with Gasteiger partial charge in [0.2, 0.25) is 0 Å². The highest BCUT2D eigenvalue weighted by atomic mass is 32.2. The second kappa shape index (κ2) is 6.24. The van der Waals surface area contributed by atoms with Crippen LogP contribution in [0.15, 0.2) is 40.6 Å². The van der Waals surface area contributed by atoms with Gasteiger partial charge in [-0.05, 0) is 17.7 Å². The van der Waals surface area contributed by atoms with Crippen molar-refractivity contribution in [3.05, 3.63) is 57.0 Å². The van der Waals surface area contributed by atoms with Crippen molar-refractivity contribution in [1.29, 1.82) is 0 Å². The highest BCUT2D eigenvalue weighted by Crippen LogP contribution is 2.22. The van der Waals surface area contributed by atoms with Gasteiger partial charge in [-0.25, -0.2) is 8.42 Å². The molecule has 0 radical (unpaired) electrons. The molecule has 1 heterocycles. The third kappa shape index (κ3) is 3.89. The molecule has 0 fully saturated rings. The lowest BCUT2D eigenvalue weighted by Gasteiger charge is -2.05. The molecular formula is C13H12N2O5S2. The first-order valence-corrected chi connectivity index (χ1v) is 8.84. The van der Waals surface area contributed by atoms with E-state index in [0.29, 0.717) is 0 Å². The van der Waals surface area contributed by atoms with E-state index in [-0.39, 0.29) is 22.0 Å². The number of amides is 1. The number of carbonyl (C=O) groups excluding carboxylic acids is 1. The lowest BCUT2D eigenvalue weighted by Crippen LogP contribution is -2.22. The number of carbonyl (C=O) groups is 1. The number of nitrogens with zero attached hydrogens (tertiary/aromatic N) is 1. The lowest BCUT2D eigenvalue weighted by molar-refractivity contribution is -0.380. The van der Waals surface area contributed by atoms with Crippen molar-refractivity contribution in [3.8, 4) is 0 Å². The Kier molecular flexibility index (Phi) is 4.57. The van der Waals surface area contributed by atoms with Gasteiger partial charge in [-0.2, -0.15) is 0 Å². The first kappa shape index (κ1) is 16.1. The molecule has 0 unspecified atom stereocenters. The van der Waals surface area contributed by atoms with Crippen molar-refractivity contribution in [2.45, 2.75) is 11.4 Å². The molecule has 116 valence electrons. The maximum atomic E-state index is 11.9. The molecule has 22 heavy (non-hydrogen) atoms. The Balaban J connectivity index is 2.00. The van der Waals surface area contributed by atoms with Gasteiger partial charge in [-0.1, -0.05) is 23.5 Å². The molecule has 7 nitrogen and oxygen atoms in total. The molecule has 1 amide bonds. The largest absolute Gasteiger partial charge is 0.348 e. The van der Waals surface area contributed by atoms with E-state index in [4.69, 9.17) is 0 Å². The number of nitro groups is 1. The Hall–Kier alpha value is -2.26. The summed E-state index contributed by atoms with van der Waals surface area (Å²) in [5.41, 5.74) is 0.954. The summed E-state index contributed by atoms with van der Waals surface area (Å²) in [5.74, 6) is -0.420. The highest BCUT2D eigenvalue weighted by molar-refractivity contribution is 7.90. The normalized spacial score (nSPS) is 11.1. The standard InChI is InChI=1S/C13H12N2O5S2/c1-22(19,20)11-4-2-9(3-5-11)7-14-13(16)10-6-12(15(17)18)21-8-10/h2-6,8H,7H2,1H3,(H,14,16). The molecule has 2 rings (SSSR count). The SMILES string of the molecule is CS(=O)(=O)c1ccc(CNC(=O)c2csc([N+](=O)[O-])c2)cc1. The molecular weight excluding hydrogens is 328 g/mol. The second-order valence-corrected chi connectivity index (χ2v) is 7.43. The number of hydrogen-bond acceptors (Lipinski definition) is 6. The van der Waals surface area contributed by atoms with Gasteiger partial charge in [0.25, 0.3) is 5.91 Å². The summed E-state index contributed by atoms with van der Waals surface area (Å²) >= 11 is 0.886. The van der Waals surface area contributed by atoms with Crippen LogP contribution in [0.1, 0.15) is 15.9 Å². The second-order valence-electron chi connectivity index (χ2n) is 4.53. The molecule has 0 saturated heterocycles. The molecule has 0 spiro atoms. The van der Waals surface area contributed by atoms with Crippen molar-refractivity contribution in [1.82, 2.24) is 5.32 Å². The summed E-state index contributed by atoms with van der Waals surface area (Å²) in [7, 11) is -3.25. The van der Waals surface area contributed by atoms with E-state index < -0.39 is 20.7 Å². The molecule has 1 N–H and O–H groups in total. The van der Waals surface area contributed by atoms with Crippen LogP contribution in [-0.2, 0) is 16.4 Å². The molecule has 0 saturated carbocycles. The van der Waals surface area contributed by atoms with Crippen LogP contribution in [0, 0.1) is 10.1 Å². The quantitative estimate of drug-likeness (QED) is 0.662. The van der Waals surface area contributed by atoms with Crippen molar-refractivity contribution in [2.75, 3.05) is 6.26 Å². The predicted octanol–water partition coefficient (Wildman–Crippen LogP) is 1.99. The molecule has 0 aliphatic rings. The molecule has 1 aromatic carbocycles. The molecule has 0 aliphatic heterocycles. The van der Waals surface area contributed by atoms with Gasteiger partial charge >= 0.3 is 5.00 Å². The zero-order chi connectivity index (χ0) is 16.3. The van der Waals surface area contributed by atoms with E-state index in [1.165, 1.54) is 23.6 Å². The zero-order valence-corrected chi connectivity index (χ0v) is 13.1. The average Bonchev–Trinajstić information content (AvgIpc) is 2.94. The number of nitrogens with one attached hydrogen (secondary N) is 1. The molecule has 1 aromatic heterocycles. The van der Waals surface area contributed by atoms with Gasteiger partial charge < -0.3 is 5.32 Å². The van der Waals surface area contributed by atoms with Gasteiger partial charge in [0.1, 0.15) is 0 Å². The summed E-state index contributed by atoms with van der Waals surface area (Å²) in [6.45, 7) is 0.201. The van der Waals surface area contributed by atoms with Gasteiger partial charge in [0.05, 0.1) is 15.4 Å². The Morgan fingerprint density at radius 3 is 2.45 bits per heavy atom. The van der Waals surface area contributed by atoms with E-state index in [1.54, 1.807) is 12.1 Å². The third-order valence-corrected chi connectivity index (χ3v) is 4.84. The van der Waals surface area contributed by atoms with E-state index in [9.17, 15) is 23.3 Å². The van der Waals surface area contributed by atoms with E-state index in [0.717, 1.165) is 23.2 Å². The summed E-state index contributed by atoms with van der Waals surface area (Å²) < 4.78 is 22.7. The van der Waals surface area contributed by atoms with Gasteiger partial charge in [0, 0.05) is 24.2 Å². The predicted molar refractivity (Wildman–Crippen MR) is 81.7 cm³/mol. The monoisotopic (exact) mass is 340 g/mol. The van der Waals surface area contributed by atoms with Gasteiger partial charge in [-0.3, -0.25) is 14.9 Å². The van der Waals surface area contributed by atoms with Crippen LogP contribution >= 0.6 is 11.3 Å². The topological polar surface area (TPSA) is 106 Å². The molecule has 0 aliphatic carbocycles. The van der Waals surface area contributed by atoms with E-state index in [1.807, 2.05) is 0 Å². The van der Waals surface area contributed by atoms with Crippen molar-refractivity contribution in [2.24, 2.45) is 0 Å². The van der Waals surface area contributed by atoms with Gasteiger partial charge in [-0.15, -0.1) is 0 Å². The summed E-state index contributed by atoms with van der Waals surface area (Å²) in [6, 6.07) is 7.35. The van der Waals surface area contributed by atoms with E-state index in [2.05, 4.69) is 5.32 Å². The number of benzene rings is 1. The minimum Gasteiger partial charge on any atom is -0.348 e. The Morgan fingerprint density at radius 2 is 1.95 bits per heavy atom. The van der Waals surface area contributed by atoms with Crippen LogP contribution in [0.4, 0.5) is 5.00 Å². The Bertz CT molecular complexity index is 809. The zero-order valence-electron chi connectivity index (χ0n) is 11.5. The highest BCUT2D eigenvalue weighted by Gasteiger charge is 2.14. The van der Waals surface area contributed by atoms with Crippen LogP contribution in [0.25, 0.3) is 0 Å². The first-order chi connectivity index (χ1) is 10.3. The Labute approximate surface area is 130 Å². The molecule has 0 bridgehead atoms. The van der Waals surface area contributed by atoms with E-state index >= 15 is 0 Å². The Morgan fingerprint density at radius 1 is 1.32 bits per heavy atom. The molecule has 9 heteroatoms. The number of rotatable bonds is 5. The lowest BCUT2D eigenvalue weighted by atomic mass is 10.2. The van der Waals surface area contributed by atoms with Crippen molar-refractivity contribution >= 4 is 32.1 Å². The number of sulfone groups is 1. The maximum absolute atomic E-state index is 11.9. The van der Waals surface area contributed by atoms with Crippen LogP contribution in [0.2, 0.25) is 0 Å². The average molecular weight is 340 g/mol.